The third-order valence-corrected chi connectivity index (χ3v) is 5.08. The van der Waals surface area contributed by atoms with Gasteiger partial charge in [0.25, 0.3) is 5.91 Å². The summed E-state index contributed by atoms with van der Waals surface area (Å²) in [6, 6.07) is 15.9. The van der Waals surface area contributed by atoms with Gasteiger partial charge in [-0.15, -0.1) is 0 Å². The fourth-order valence-electron chi connectivity index (χ4n) is 3.73. The quantitative estimate of drug-likeness (QED) is 0.709. The molecule has 3 aromatic rings. The number of nitrogens with zero attached hydrogens (tertiary/aromatic N) is 3. The van der Waals surface area contributed by atoms with Gasteiger partial charge in [0.05, 0.1) is 5.56 Å². The summed E-state index contributed by atoms with van der Waals surface area (Å²) < 4.78 is 5.83. The zero-order valence-electron chi connectivity index (χ0n) is 15.7. The molecule has 2 aromatic heterocycles. The minimum atomic E-state index is 0.0453. The summed E-state index contributed by atoms with van der Waals surface area (Å²) in [5.74, 6) is 2.48. The van der Waals surface area contributed by atoms with Gasteiger partial charge in [-0.25, -0.2) is 4.98 Å². The van der Waals surface area contributed by atoms with Crippen LogP contribution >= 0.6 is 0 Å². The molecule has 138 valence electrons. The van der Waals surface area contributed by atoms with E-state index in [1.54, 1.807) is 6.20 Å². The number of carbonyl (C=O) groups is 1. The molecule has 1 aromatic carbocycles. The molecule has 0 aliphatic carbocycles. The van der Waals surface area contributed by atoms with Crippen LogP contribution in [0, 0.1) is 13.8 Å². The summed E-state index contributed by atoms with van der Waals surface area (Å²) in [6.07, 6.45) is 1.80. The number of benzene rings is 1. The molecule has 1 fully saturated rings. The molecule has 4 rings (SSSR count). The summed E-state index contributed by atoms with van der Waals surface area (Å²) in [5, 5.41) is 0. The lowest BCUT2D eigenvalue weighted by atomic mass is 9.99. The van der Waals surface area contributed by atoms with E-state index < -0.39 is 0 Å². The Kier molecular flexibility index (Phi) is 4.67. The lowest BCUT2D eigenvalue weighted by molar-refractivity contribution is 0.0745. The molecule has 27 heavy (non-hydrogen) atoms. The number of hydrogen-bond donors (Lipinski definition) is 0. The Labute approximate surface area is 159 Å². The van der Waals surface area contributed by atoms with Crippen molar-refractivity contribution in [3.8, 4) is 11.1 Å². The number of piperazine rings is 1. The van der Waals surface area contributed by atoms with Gasteiger partial charge >= 0.3 is 0 Å². The normalized spacial score (nSPS) is 14.4. The number of rotatable bonds is 3. The molecule has 1 aliphatic rings. The average Bonchev–Trinajstić information content (AvgIpc) is 3.02. The maximum Gasteiger partial charge on any atom is 0.258 e. The molecule has 1 aliphatic heterocycles. The van der Waals surface area contributed by atoms with Crippen molar-refractivity contribution >= 4 is 11.7 Å². The Morgan fingerprint density at radius 3 is 2.30 bits per heavy atom. The first-order valence-corrected chi connectivity index (χ1v) is 9.26. The fourth-order valence-corrected chi connectivity index (χ4v) is 3.73. The topological polar surface area (TPSA) is 49.6 Å². The first-order valence-electron chi connectivity index (χ1n) is 9.26. The molecule has 0 spiro atoms. The predicted molar refractivity (Wildman–Crippen MR) is 106 cm³/mol. The van der Waals surface area contributed by atoms with Gasteiger partial charge < -0.3 is 14.2 Å². The highest BCUT2D eigenvalue weighted by molar-refractivity contribution is 6.02. The van der Waals surface area contributed by atoms with E-state index in [1.807, 2.05) is 67.3 Å². The Balaban J connectivity index is 1.56. The minimum Gasteiger partial charge on any atom is -0.465 e. The lowest BCUT2D eigenvalue weighted by Gasteiger charge is -2.35. The zero-order valence-corrected chi connectivity index (χ0v) is 15.7. The third-order valence-electron chi connectivity index (χ3n) is 5.08. The summed E-state index contributed by atoms with van der Waals surface area (Å²) in [5.41, 5.74) is 2.61. The molecule has 0 atom stereocenters. The van der Waals surface area contributed by atoms with Crippen LogP contribution in [0.4, 0.5) is 5.82 Å². The molecule has 1 amide bonds. The molecule has 0 saturated carbocycles. The molecule has 3 heterocycles. The maximum absolute atomic E-state index is 13.3. The van der Waals surface area contributed by atoms with Gasteiger partial charge in [0.1, 0.15) is 17.3 Å². The Morgan fingerprint density at radius 2 is 1.63 bits per heavy atom. The monoisotopic (exact) mass is 361 g/mol. The van der Waals surface area contributed by atoms with Crippen LogP contribution in [0.3, 0.4) is 0 Å². The molecule has 0 N–H and O–H groups in total. The van der Waals surface area contributed by atoms with Crippen molar-refractivity contribution in [1.29, 1.82) is 0 Å². The third kappa shape index (κ3) is 3.33. The van der Waals surface area contributed by atoms with Gasteiger partial charge in [-0.05, 0) is 31.5 Å². The second kappa shape index (κ2) is 7.27. The smallest absolute Gasteiger partial charge is 0.258 e. The Hall–Kier alpha value is -3.08. The highest BCUT2D eigenvalue weighted by Crippen LogP contribution is 2.33. The van der Waals surface area contributed by atoms with Gasteiger partial charge in [-0.1, -0.05) is 36.4 Å². The van der Waals surface area contributed by atoms with E-state index >= 15 is 0 Å². The minimum absolute atomic E-state index is 0.0453. The molecule has 5 nitrogen and oxygen atoms in total. The fraction of sp³-hybridized carbons (Fsp3) is 0.273. The number of amides is 1. The molecule has 0 radical (unpaired) electrons. The summed E-state index contributed by atoms with van der Waals surface area (Å²) >= 11 is 0. The largest absolute Gasteiger partial charge is 0.465 e. The number of carbonyl (C=O) groups excluding carboxylic acids is 1. The van der Waals surface area contributed by atoms with E-state index in [2.05, 4.69) is 9.88 Å². The standard InChI is InChI=1S/C22H23N3O2/c1-16-20(18-8-4-3-5-9-18)21(17(2)27-16)22(26)25-14-12-24(13-15-25)19-10-6-7-11-23-19/h3-11H,12-15H2,1-2H3. The number of anilines is 1. The van der Waals surface area contributed by atoms with Crippen LogP contribution < -0.4 is 4.90 Å². The Bertz CT molecular complexity index is 927. The number of aryl methyl sites for hydroxylation is 2. The van der Waals surface area contributed by atoms with E-state index in [9.17, 15) is 4.79 Å². The van der Waals surface area contributed by atoms with E-state index in [-0.39, 0.29) is 5.91 Å². The second-order valence-corrected chi connectivity index (χ2v) is 6.80. The average molecular weight is 361 g/mol. The van der Waals surface area contributed by atoms with Crippen LogP contribution in [-0.4, -0.2) is 42.0 Å². The van der Waals surface area contributed by atoms with Crippen LogP contribution in [0.5, 0.6) is 0 Å². The second-order valence-electron chi connectivity index (χ2n) is 6.80. The van der Waals surface area contributed by atoms with Crippen LogP contribution in [0.2, 0.25) is 0 Å². The van der Waals surface area contributed by atoms with Crippen molar-refractivity contribution in [2.75, 3.05) is 31.1 Å². The number of pyridine rings is 1. The highest BCUT2D eigenvalue weighted by Gasteiger charge is 2.29. The summed E-state index contributed by atoms with van der Waals surface area (Å²) in [4.78, 5) is 21.8. The van der Waals surface area contributed by atoms with Crippen LogP contribution in [0.1, 0.15) is 21.9 Å². The molecule has 1 saturated heterocycles. The zero-order chi connectivity index (χ0) is 18.8. The molecular weight excluding hydrogens is 338 g/mol. The Morgan fingerprint density at radius 1 is 0.926 bits per heavy atom. The molecule has 5 heteroatoms. The first-order chi connectivity index (χ1) is 13.1. The van der Waals surface area contributed by atoms with Crippen molar-refractivity contribution in [3.63, 3.8) is 0 Å². The van der Waals surface area contributed by atoms with Gasteiger partial charge in [0.15, 0.2) is 0 Å². The van der Waals surface area contributed by atoms with Crippen molar-refractivity contribution in [3.05, 3.63) is 71.8 Å². The van der Waals surface area contributed by atoms with E-state index in [0.29, 0.717) is 24.4 Å². The molecule has 0 unspecified atom stereocenters. The van der Waals surface area contributed by atoms with E-state index in [0.717, 1.165) is 35.8 Å². The number of furan rings is 1. The van der Waals surface area contributed by atoms with Gasteiger partial charge in [-0.3, -0.25) is 4.79 Å². The van der Waals surface area contributed by atoms with Gasteiger partial charge in [0.2, 0.25) is 0 Å². The molecular formula is C22H23N3O2. The lowest BCUT2D eigenvalue weighted by Crippen LogP contribution is -2.49. The van der Waals surface area contributed by atoms with Gasteiger partial charge in [0, 0.05) is 37.9 Å². The van der Waals surface area contributed by atoms with E-state index in [4.69, 9.17) is 4.42 Å². The molecule has 0 bridgehead atoms. The first kappa shape index (κ1) is 17.3. The van der Waals surface area contributed by atoms with Gasteiger partial charge in [-0.2, -0.15) is 0 Å². The highest BCUT2D eigenvalue weighted by atomic mass is 16.3. The summed E-state index contributed by atoms with van der Waals surface area (Å²) in [6.45, 7) is 6.70. The van der Waals surface area contributed by atoms with Crippen molar-refractivity contribution in [1.82, 2.24) is 9.88 Å². The van der Waals surface area contributed by atoms with E-state index in [1.165, 1.54) is 0 Å². The van der Waals surface area contributed by atoms with Crippen molar-refractivity contribution < 1.29 is 9.21 Å². The van der Waals surface area contributed by atoms with Crippen molar-refractivity contribution in [2.24, 2.45) is 0 Å². The summed E-state index contributed by atoms with van der Waals surface area (Å²) in [7, 11) is 0. The SMILES string of the molecule is Cc1oc(C)c(-c2ccccc2)c1C(=O)N1CCN(c2ccccn2)CC1. The van der Waals surface area contributed by atoms with Crippen LogP contribution in [0.25, 0.3) is 11.1 Å². The van der Waals surface area contributed by atoms with Crippen molar-refractivity contribution in [2.45, 2.75) is 13.8 Å². The van der Waals surface area contributed by atoms with Crippen LogP contribution in [0.15, 0.2) is 59.1 Å². The predicted octanol–water partition coefficient (Wildman–Crippen LogP) is 3.92. The van der Waals surface area contributed by atoms with Crippen LogP contribution in [-0.2, 0) is 0 Å². The number of aromatic nitrogens is 1. The number of hydrogen-bond acceptors (Lipinski definition) is 4. The maximum atomic E-state index is 13.3.